The van der Waals surface area contributed by atoms with Gasteiger partial charge in [0.05, 0.1) is 5.92 Å². The lowest BCUT2D eigenvalue weighted by atomic mass is 9.99. The van der Waals surface area contributed by atoms with E-state index in [4.69, 9.17) is 5.21 Å². The smallest absolute Gasteiger partial charge is 0.267 e. The summed E-state index contributed by atoms with van der Waals surface area (Å²) in [6, 6.07) is 7.81. The summed E-state index contributed by atoms with van der Waals surface area (Å²) in [5.74, 6) is -0.134. The SMILES string of the molecule is CN1CC(C(=O)N2CCN(c3ccccc3/C=C/C(=O)NO)CC2)C1. The zero-order valence-electron chi connectivity index (χ0n) is 14.4. The number of para-hydroxylation sites is 1. The molecule has 2 heterocycles. The van der Waals surface area contributed by atoms with E-state index in [1.54, 1.807) is 11.6 Å². The molecule has 2 fully saturated rings. The van der Waals surface area contributed by atoms with Gasteiger partial charge in [-0.25, -0.2) is 5.48 Å². The van der Waals surface area contributed by atoms with Crippen molar-refractivity contribution in [2.75, 3.05) is 51.2 Å². The van der Waals surface area contributed by atoms with Crippen molar-refractivity contribution in [3.05, 3.63) is 35.9 Å². The highest BCUT2D eigenvalue weighted by Gasteiger charge is 2.34. The van der Waals surface area contributed by atoms with Crippen LogP contribution in [-0.4, -0.2) is 73.1 Å². The number of carbonyl (C=O) groups excluding carboxylic acids is 2. The zero-order chi connectivity index (χ0) is 17.8. The number of nitrogens with zero attached hydrogens (tertiary/aromatic N) is 3. The van der Waals surface area contributed by atoms with Crippen molar-refractivity contribution in [2.45, 2.75) is 0 Å². The van der Waals surface area contributed by atoms with Gasteiger partial charge in [-0.15, -0.1) is 0 Å². The van der Waals surface area contributed by atoms with Crippen LogP contribution in [0.25, 0.3) is 6.08 Å². The third-order valence-corrected chi connectivity index (χ3v) is 4.81. The molecular weight excluding hydrogens is 320 g/mol. The summed E-state index contributed by atoms with van der Waals surface area (Å²) in [6.07, 6.45) is 2.98. The fraction of sp³-hybridized carbons (Fsp3) is 0.444. The highest BCUT2D eigenvalue weighted by molar-refractivity contribution is 5.92. The molecule has 2 N–H and O–H groups in total. The predicted octanol–water partition coefficient (Wildman–Crippen LogP) is 0.415. The maximum absolute atomic E-state index is 12.4. The van der Waals surface area contributed by atoms with Crippen LogP contribution in [0.4, 0.5) is 5.69 Å². The number of hydrogen-bond donors (Lipinski definition) is 2. The lowest BCUT2D eigenvalue weighted by Crippen LogP contribution is -2.57. The van der Waals surface area contributed by atoms with Gasteiger partial charge in [0.1, 0.15) is 0 Å². The number of likely N-dealkylation sites (tertiary alicyclic amines) is 1. The number of anilines is 1. The molecule has 1 aromatic rings. The summed E-state index contributed by atoms with van der Waals surface area (Å²) >= 11 is 0. The van der Waals surface area contributed by atoms with Gasteiger partial charge in [0, 0.05) is 51.0 Å². The van der Waals surface area contributed by atoms with E-state index in [2.05, 4.69) is 9.80 Å². The van der Waals surface area contributed by atoms with E-state index in [1.165, 1.54) is 6.08 Å². The molecule has 1 aromatic carbocycles. The second-order valence-electron chi connectivity index (χ2n) is 6.60. The Hall–Kier alpha value is -2.38. The van der Waals surface area contributed by atoms with E-state index in [9.17, 15) is 9.59 Å². The largest absolute Gasteiger partial charge is 0.367 e. The van der Waals surface area contributed by atoms with Gasteiger partial charge in [-0.3, -0.25) is 14.8 Å². The number of rotatable bonds is 4. The molecule has 3 rings (SSSR count). The Kier molecular flexibility index (Phi) is 5.35. The fourth-order valence-electron chi connectivity index (χ4n) is 3.40. The summed E-state index contributed by atoms with van der Waals surface area (Å²) in [4.78, 5) is 30.0. The molecule has 7 nitrogen and oxygen atoms in total. The van der Waals surface area contributed by atoms with Crippen LogP contribution in [0.5, 0.6) is 0 Å². The molecule has 0 radical (unpaired) electrons. The molecule has 25 heavy (non-hydrogen) atoms. The first-order valence-electron chi connectivity index (χ1n) is 8.52. The molecule has 0 saturated carbocycles. The zero-order valence-corrected chi connectivity index (χ0v) is 14.4. The van der Waals surface area contributed by atoms with Crippen LogP contribution in [0.15, 0.2) is 30.3 Å². The fourth-order valence-corrected chi connectivity index (χ4v) is 3.40. The Bertz CT molecular complexity index is 662. The maximum atomic E-state index is 12.4. The minimum atomic E-state index is -0.560. The Labute approximate surface area is 147 Å². The van der Waals surface area contributed by atoms with E-state index in [0.717, 1.165) is 37.4 Å². The minimum absolute atomic E-state index is 0.156. The average molecular weight is 344 g/mol. The number of nitrogens with one attached hydrogen (secondary N) is 1. The van der Waals surface area contributed by atoms with Gasteiger partial charge < -0.3 is 14.7 Å². The van der Waals surface area contributed by atoms with Crippen LogP contribution in [0.1, 0.15) is 5.56 Å². The molecular formula is C18H24N4O3. The van der Waals surface area contributed by atoms with Crippen molar-refractivity contribution in [3.63, 3.8) is 0 Å². The second kappa shape index (κ2) is 7.67. The van der Waals surface area contributed by atoms with Gasteiger partial charge in [-0.1, -0.05) is 18.2 Å². The molecule has 7 heteroatoms. The number of amides is 2. The van der Waals surface area contributed by atoms with Crippen molar-refractivity contribution in [3.8, 4) is 0 Å². The molecule has 0 bridgehead atoms. The molecule has 0 aliphatic carbocycles. The van der Waals surface area contributed by atoms with Crippen LogP contribution in [0.2, 0.25) is 0 Å². The number of hydrogen-bond acceptors (Lipinski definition) is 5. The molecule has 2 amide bonds. The molecule has 0 aromatic heterocycles. The van der Waals surface area contributed by atoms with Gasteiger partial charge in [0.2, 0.25) is 5.91 Å². The molecule has 0 unspecified atom stereocenters. The Morgan fingerprint density at radius 1 is 1.16 bits per heavy atom. The normalized spacial score (nSPS) is 19.1. The van der Waals surface area contributed by atoms with Crippen molar-refractivity contribution in [2.24, 2.45) is 5.92 Å². The van der Waals surface area contributed by atoms with E-state index >= 15 is 0 Å². The topological polar surface area (TPSA) is 76.1 Å². The maximum Gasteiger partial charge on any atom is 0.267 e. The summed E-state index contributed by atoms with van der Waals surface area (Å²) in [5, 5.41) is 8.60. The van der Waals surface area contributed by atoms with Crippen LogP contribution in [-0.2, 0) is 9.59 Å². The van der Waals surface area contributed by atoms with Crippen molar-refractivity contribution in [1.29, 1.82) is 0 Å². The van der Waals surface area contributed by atoms with E-state index in [-0.39, 0.29) is 11.8 Å². The van der Waals surface area contributed by atoms with Gasteiger partial charge in [-0.05, 0) is 24.8 Å². The molecule has 134 valence electrons. The van der Waals surface area contributed by atoms with E-state index in [0.29, 0.717) is 13.1 Å². The second-order valence-corrected chi connectivity index (χ2v) is 6.60. The quantitative estimate of drug-likeness (QED) is 0.470. The highest BCUT2D eigenvalue weighted by atomic mass is 16.5. The highest BCUT2D eigenvalue weighted by Crippen LogP contribution is 2.24. The number of benzene rings is 1. The first-order chi connectivity index (χ1) is 12.1. The lowest BCUT2D eigenvalue weighted by molar-refractivity contribution is -0.140. The number of carbonyl (C=O) groups is 2. The number of piperazine rings is 1. The number of hydroxylamine groups is 1. The van der Waals surface area contributed by atoms with Crippen molar-refractivity contribution < 1.29 is 14.8 Å². The third-order valence-electron chi connectivity index (χ3n) is 4.81. The molecule has 0 spiro atoms. The molecule has 2 saturated heterocycles. The summed E-state index contributed by atoms with van der Waals surface area (Å²) < 4.78 is 0. The Morgan fingerprint density at radius 2 is 1.84 bits per heavy atom. The van der Waals surface area contributed by atoms with Crippen molar-refractivity contribution >= 4 is 23.6 Å². The Balaban J connectivity index is 1.62. The third kappa shape index (κ3) is 4.00. The van der Waals surface area contributed by atoms with E-state index < -0.39 is 5.91 Å². The molecule has 2 aliphatic heterocycles. The molecule has 0 atom stereocenters. The van der Waals surface area contributed by atoms with Gasteiger partial charge in [0.15, 0.2) is 0 Å². The van der Waals surface area contributed by atoms with Crippen LogP contribution in [0, 0.1) is 5.92 Å². The minimum Gasteiger partial charge on any atom is -0.367 e. The van der Waals surface area contributed by atoms with Gasteiger partial charge in [0.25, 0.3) is 5.91 Å². The first kappa shape index (κ1) is 17.4. The molecule has 2 aliphatic rings. The van der Waals surface area contributed by atoms with Crippen molar-refractivity contribution in [1.82, 2.24) is 15.3 Å². The predicted molar refractivity (Wildman–Crippen MR) is 95.2 cm³/mol. The van der Waals surface area contributed by atoms with Crippen LogP contribution < -0.4 is 10.4 Å². The lowest BCUT2D eigenvalue weighted by Gasteiger charge is -2.42. The first-order valence-corrected chi connectivity index (χ1v) is 8.52. The average Bonchev–Trinajstić information content (AvgIpc) is 2.63. The monoisotopic (exact) mass is 344 g/mol. The Morgan fingerprint density at radius 3 is 2.48 bits per heavy atom. The van der Waals surface area contributed by atoms with E-state index in [1.807, 2.05) is 36.2 Å². The van der Waals surface area contributed by atoms with Gasteiger partial charge in [-0.2, -0.15) is 0 Å². The summed E-state index contributed by atoms with van der Waals surface area (Å²) in [6.45, 7) is 4.69. The summed E-state index contributed by atoms with van der Waals surface area (Å²) in [5.41, 5.74) is 3.53. The van der Waals surface area contributed by atoms with Crippen LogP contribution >= 0.6 is 0 Å². The summed E-state index contributed by atoms with van der Waals surface area (Å²) in [7, 11) is 2.03. The van der Waals surface area contributed by atoms with Gasteiger partial charge >= 0.3 is 0 Å². The standard InChI is InChI=1S/C18H24N4O3/c1-20-12-15(13-20)18(24)22-10-8-21(9-11-22)16-5-3-2-4-14(16)6-7-17(23)19-25/h2-7,15,25H,8-13H2,1H3,(H,19,23)/b7-6+. The van der Waals surface area contributed by atoms with Crippen LogP contribution in [0.3, 0.4) is 0 Å².